The molecular weight excluding hydrogens is 373 g/mol. The zero-order valence-corrected chi connectivity index (χ0v) is 14.6. The van der Waals surface area contributed by atoms with Gasteiger partial charge in [0.05, 0.1) is 9.26 Å². The van der Waals surface area contributed by atoms with Crippen molar-refractivity contribution in [2.45, 2.75) is 39.0 Å². The van der Waals surface area contributed by atoms with Crippen LogP contribution in [0.1, 0.15) is 43.9 Å². The molecule has 1 aliphatic carbocycles. The number of benzene rings is 1. The molecule has 3 rings (SSSR count). The summed E-state index contributed by atoms with van der Waals surface area (Å²) in [5.74, 6) is 2.61. The Bertz CT molecular complexity index is 646. The van der Waals surface area contributed by atoms with Crippen molar-refractivity contribution in [2.75, 3.05) is 5.73 Å². The first-order valence-corrected chi connectivity index (χ1v) is 8.54. The fourth-order valence-corrected chi connectivity index (χ4v) is 3.18. The van der Waals surface area contributed by atoms with Gasteiger partial charge >= 0.3 is 0 Å². The van der Waals surface area contributed by atoms with E-state index < -0.39 is 0 Å². The number of hydrogen-bond acceptors (Lipinski definition) is 3. The van der Waals surface area contributed by atoms with Crippen LogP contribution in [0.3, 0.4) is 0 Å². The van der Waals surface area contributed by atoms with Gasteiger partial charge in [0.1, 0.15) is 5.82 Å². The maximum atomic E-state index is 6.06. The summed E-state index contributed by atoms with van der Waals surface area (Å²) in [4.78, 5) is 9.22. The molecule has 0 bridgehead atoms. The van der Waals surface area contributed by atoms with Crippen LogP contribution in [0.15, 0.2) is 24.3 Å². The number of rotatable bonds is 4. The average Bonchev–Trinajstić information content (AvgIpc) is 3.26. The third-order valence-corrected chi connectivity index (χ3v) is 4.83. The topological polar surface area (TPSA) is 51.8 Å². The minimum atomic E-state index is 0.584. The Balaban J connectivity index is 1.93. The van der Waals surface area contributed by atoms with E-state index in [0.29, 0.717) is 17.7 Å². The summed E-state index contributed by atoms with van der Waals surface area (Å²) < 4.78 is 1.02. The van der Waals surface area contributed by atoms with E-state index in [1.54, 1.807) is 0 Å². The number of aromatic nitrogens is 2. The number of hydrogen-bond donors (Lipinski definition) is 1. The SMILES string of the molecule is CC(C)Cc1ccc(-c2nc(N)c(I)c(C3CC3)n2)cc1. The molecule has 1 heterocycles. The molecule has 0 spiro atoms. The number of nitrogens with zero attached hydrogens (tertiary/aromatic N) is 2. The smallest absolute Gasteiger partial charge is 0.161 e. The van der Waals surface area contributed by atoms with E-state index in [-0.39, 0.29) is 0 Å². The van der Waals surface area contributed by atoms with E-state index in [1.807, 2.05) is 0 Å². The molecule has 21 heavy (non-hydrogen) atoms. The van der Waals surface area contributed by atoms with Gasteiger partial charge in [0.25, 0.3) is 0 Å². The second-order valence-corrected chi connectivity index (χ2v) is 7.28. The molecule has 0 amide bonds. The maximum Gasteiger partial charge on any atom is 0.161 e. The molecule has 1 aromatic heterocycles. The summed E-state index contributed by atoms with van der Waals surface area (Å²) in [5.41, 5.74) is 9.60. The van der Waals surface area contributed by atoms with E-state index in [9.17, 15) is 0 Å². The Kier molecular flexibility index (Phi) is 4.15. The molecule has 3 nitrogen and oxygen atoms in total. The standard InChI is InChI=1S/C17H20IN3/c1-10(2)9-11-3-5-13(6-4-11)17-20-15(12-7-8-12)14(18)16(19)21-17/h3-6,10,12H,7-9H2,1-2H3,(H2,19,20,21). The average molecular weight is 393 g/mol. The monoisotopic (exact) mass is 393 g/mol. The Morgan fingerprint density at radius 2 is 1.86 bits per heavy atom. The molecule has 0 atom stereocenters. The van der Waals surface area contributed by atoms with Gasteiger partial charge < -0.3 is 5.73 Å². The molecule has 1 saturated carbocycles. The van der Waals surface area contributed by atoms with Crippen molar-refractivity contribution < 1.29 is 0 Å². The lowest BCUT2D eigenvalue weighted by molar-refractivity contribution is 0.647. The van der Waals surface area contributed by atoms with Crippen LogP contribution in [0.4, 0.5) is 5.82 Å². The molecule has 2 aromatic rings. The zero-order chi connectivity index (χ0) is 15.0. The molecule has 1 fully saturated rings. The van der Waals surface area contributed by atoms with Gasteiger partial charge in [0.15, 0.2) is 5.82 Å². The van der Waals surface area contributed by atoms with E-state index >= 15 is 0 Å². The first kappa shape index (κ1) is 14.8. The predicted molar refractivity (Wildman–Crippen MR) is 95.1 cm³/mol. The molecule has 0 saturated heterocycles. The summed E-state index contributed by atoms with van der Waals surface area (Å²) in [6.07, 6.45) is 3.54. The van der Waals surface area contributed by atoms with E-state index in [0.717, 1.165) is 27.1 Å². The van der Waals surface area contributed by atoms with Crippen LogP contribution < -0.4 is 5.73 Å². The van der Waals surface area contributed by atoms with Gasteiger partial charge in [-0.15, -0.1) is 0 Å². The van der Waals surface area contributed by atoms with E-state index in [1.165, 1.54) is 18.4 Å². The first-order valence-electron chi connectivity index (χ1n) is 7.47. The fourth-order valence-electron chi connectivity index (χ4n) is 2.50. The summed E-state index contributed by atoms with van der Waals surface area (Å²) in [6, 6.07) is 8.55. The van der Waals surface area contributed by atoms with Crippen LogP contribution in [-0.4, -0.2) is 9.97 Å². The number of nitrogens with two attached hydrogens (primary N) is 1. The largest absolute Gasteiger partial charge is 0.383 e. The summed E-state index contributed by atoms with van der Waals surface area (Å²) in [7, 11) is 0. The highest BCUT2D eigenvalue weighted by Gasteiger charge is 2.29. The van der Waals surface area contributed by atoms with E-state index in [2.05, 4.69) is 65.7 Å². The quantitative estimate of drug-likeness (QED) is 0.784. The number of nitrogen functional groups attached to an aromatic ring is 1. The van der Waals surface area contributed by atoms with Crippen LogP contribution >= 0.6 is 22.6 Å². The van der Waals surface area contributed by atoms with Crippen molar-refractivity contribution >= 4 is 28.4 Å². The van der Waals surface area contributed by atoms with Gasteiger partial charge in [-0.2, -0.15) is 0 Å². The molecule has 1 aliphatic rings. The fraction of sp³-hybridized carbons (Fsp3) is 0.412. The maximum absolute atomic E-state index is 6.06. The summed E-state index contributed by atoms with van der Waals surface area (Å²) in [6.45, 7) is 4.47. The minimum absolute atomic E-state index is 0.584. The van der Waals surface area contributed by atoms with Gasteiger partial charge in [-0.3, -0.25) is 0 Å². The molecular formula is C17H20IN3. The van der Waals surface area contributed by atoms with Crippen LogP contribution in [0, 0.1) is 9.49 Å². The lowest BCUT2D eigenvalue weighted by Gasteiger charge is -2.09. The normalized spacial score (nSPS) is 14.7. The lowest BCUT2D eigenvalue weighted by atomic mass is 10.0. The third-order valence-electron chi connectivity index (χ3n) is 3.72. The molecule has 110 valence electrons. The van der Waals surface area contributed by atoms with Crippen molar-refractivity contribution in [1.82, 2.24) is 9.97 Å². The second kappa shape index (κ2) is 5.91. The predicted octanol–water partition coefficient (Wildman–Crippen LogP) is 4.41. The highest BCUT2D eigenvalue weighted by molar-refractivity contribution is 14.1. The lowest BCUT2D eigenvalue weighted by Crippen LogP contribution is -2.04. The van der Waals surface area contributed by atoms with E-state index in [4.69, 9.17) is 10.7 Å². The highest BCUT2D eigenvalue weighted by Crippen LogP contribution is 2.42. The molecule has 0 radical (unpaired) electrons. The van der Waals surface area contributed by atoms with Gasteiger partial charge in [-0.05, 0) is 53.3 Å². The van der Waals surface area contributed by atoms with Gasteiger partial charge in [0.2, 0.25) is 0 Å². The second-order valence-electron chi connectivity index (χ2n) is 6.20. The number of halogens is 1. The number of anilines is 1. The van der Waals surface area contributed by atoms with Crippen molar-refractivity contribution in [1.29, 1.82) is 0 Å². The summed E-state index contributed by atoms with van der Waals surface area (Å²) in [5, 5.41) is 0. The Hall–Kier alpha value is -1.17. The van der Waals surface area contributed by atoms with Crippen molar-refractivity contribution in [3.63, 3.8) is 0 Å². The zero-order valence-electron chi connectivity index (χ0n) is 12.4. The highest BCUT2D eigenvalue weighted by atomic mass is 127. The molecule has 2 N–H and O–H groups in total. The Morgan fingerprint density at radius 3 is 2.43 bits per heavy atom. The minimum Gasteiger partial charge on any atom is -0.383 e. The summed E-state index contributed by atoms with van der Waals surface area (Å²) >= 11 is 2.26. The van der Waals surface area contributed by atoms with Crippen LogP contribution in [-0.2, 0) is 6.42 Å². The van der Waals surface area contributed by atoms with Gasteiger partial charge in [-0.1, -0.05) is 38.1 Å². The molecule has 4 heteroatoms. The molecule has 0 unspecified atom stereocenters. The third kappa shape index (κ3) is 3.36. The van der Waals surface area contributed by atoms with Crippen LogP contribution in [0.2, 0.25) is 0 Å². The van der Waals surface area contributed by atoms with Crippen molar-refractivity contribution in [3.8, 4) is 11.4 Å². The Labute approximate surface area is 139 Å². The van der Waals surface area contributed by atoms with Gasteiger partial charge in [0, 0.05) is 11.5 Å². The molecule has 1 aromatic carbocycles. The molecule has 0 aliphatic heterocycles. The van der Waals surface area contributed by atoms with Crippen LogP contribution in [0.25, 0.3) is 11.4 Å². The van der Waals surface area contributed by atoms with Crippen molar-refractivity contribution in [3.05, 3.63) is 39.1 Å². The van der Waals surface area contributed by atoms with Gasteiger partial charge in [-0.25, -0.2) is 9.97 Å². The first-order chi connectivity index (χ1) is 10.0. The van der Waals surface area contributed by atoms with Crippen LogP contribution in [0.5, 0.6) is 0 Å². The Morgan fingerprint density at radius 1 is 1.19 bits per heavy atom. The van der Waals surface area contributed by atoms with Crippen molar-refractivity contribution in [2.24, 2.45) is 5.92 Å².